The monoisotopic (exact) mass is 91.1 g/mol. The molecule has 6 heavy (non-hydrogen) atoms. The fourth-order valence-electron chi connectivity index (χ4n) is 0.112. The Morgan fingerprint density at radius 3 is 2.50 bits per heavy atom. The van der Waals surface area contributed by atoms with Gasteiger partial charge in [0.05, 0.1) is 6.23 Å². The fourth-order valence-corrected chi connectivity index (χ4v) is 0.112. The molecule has 0 aliphatic rings. The molecule has 0 aromatic heterocycles. The van der Waals surface area contributed by atoms with Gasteiger partial charge in [-0.05, 0) is 6.32 Å². The van der Waals surface area contributed by atoms with Crippen LogP contribution >= 0.6 is 0 Å². The van der Waals surface area contributed by atoms with E-state index in [9.17, 15) is 4.32 Å². The van der Waals surface area contributed by atoms with Crippen LogP contribution in [-0.2, 0) is 0 Å². The smallest absolute Gasteiger partial charge is 0.335 e. The first-order chi connectivity index (χ1) is 2.77. The Bertz CT molecular complexity index is 34.7. The maximum absolute atomic E-state index is 11.0. The lowest BCUT2D eigenvalue weighted by atomic mass is 9.99. The molecule has 0 heterocycles. The molecule has 0 aliphatic heterocycles. The number of nitrogens with two attached hydrogens (primary N) is 1. The first-order valence-electron chi connectivity index (χ1n) is 1.77. The number of aliphatic hydroxyl groups is 1. The van der Waals surface area contributed by atoms with Gasteiger partial charge in [0.25, 0.3) is 0 Å². The fraction of sp³-hybridized carbons (Fsp3) is 1.00. The summed E-state index contributed by atoms with van der Waals surface area (Å²) in [6.07, 6.45) is -0.935. The minimum absolute atomic E-state index is 0.0417. The third kappa shape index (κ3) is 3.91. The maximum Gasteiger partial charge on any atom is 0.335 e. The van der Waals surface area contributed by atoms with Crippen LogP contribution in [0.3, 0.4) is 0 Å². The summed E-state index contributed by atoms with van der Waals surface area (Å²) in [5, 5.41) is 8.09. The highest BCUT2D eigenvalue weighted by Gasteiger charge is 1.93. The molecule has 2 nitrogen and oxygen atoms in total. The van der Waals surface area contributed by atoms with Crippen molar-refractivity contribution in [2.75, 3.05) is 0 Å². The minimum Gasteiger partial charge on any atom is -0.379 e. The molecule has 0 saturated carbocycles. The molecule has 0 aliphatic carbocycles. The first kappa shape index (κ1) is 5.91. The van der Waals surface area contributed by atoms with Gasteiger partial charge in [-0.25, -0.2) is 0 Å². The highest BCUT2D eigenvalue weighted by molar-refractivity contribution is 6.26. The van der Waals surface area contributed by atoms with Gasteiger partial charge in [0, 0.05) is 0 Å². The van der Waals surface area contributed by atoms with Crippen molar-refractivity contribution in [1.82, 2.24) is 0 Å². The van der Waals surface area contributed by atoms with Crippen molar-refractivity contribution < 1.29 is 9.42 Å². The van der Waals surface area contributed by atoms with Crippen LogP contribution in [0.25, 0.3) is 0 Å². The number of hydrogen-bond acceptors (Lipinski definition) is 2. The Hall–Kier alpha value is -0.0851. The van der Waals surface area contributed by atoms with Crippen LogP contribution in [0.15, 0.2) is 0 Å². The van der Waals surface area contributed by atoms with Crippen molar-refractivity contribution in [3.63, 3.8) is 0 Å². The van der Waals surface area contributed by atoms with E-state index in [4.69, 9.17) is 10.8 Å². The molecule has 0 amide bonds. The molecule has 0 fully saturated rings. The van der Waals surface area contributed by atoms with Gasteiger partial charge < -0.3 is 15.2 Å². The molecule has 0 spiro atoms. The standard InChI is InChI=1S/C2H7BFNO/c4-3-1-2(5)6/h2-3,6H,1,5H2. The Morgan fingerprint density at radius 1 is 2.00 bits per heavy atom. The van der Waals surface area contributed by atoms with E-state index in [-0.39, 0.29) is 6.32 Å². The largest absolute Gasteiger partial charge is 0.379 e. The van der Waals surface area contributed by atoms with E-state index < -0.39 is 13.8 Å². The van der Waals surface area contributed by atoms with Gasteiger partial charge in [-0.15, -0.1) is 0 Å². The predicted molar refractivity (Wildman–Crippen MR) is 23.3 cm³/mol. The molecule has 0 aromatic rings. The molecule has 3 N–H and O–H groups in total. The molecular formula is C2H7BFNO. The van der Waals surface area contributed by atoms with Crippen LogP contribution in [0, 0.1) is 0 Å². The third-order valence-corrected chi connectivity index (χ3v) is 0.405. The van der Waals surface area contributed by atoms with E-state index in [2.05, 4.69) is 0 Å². The normalized spacial score (nSPS) is 13.8. The number of hydrogen-bond donors (Lipinski definition) is 2. The zero-order valence-electron chi connectivity index (χ0n) is 3.39. The Kier molecular flexibility index (Phi) is 3.07. The van der Waals surface area contributed by atoms with Crippen LogP contribution in [0.2, 0.25) is 6.32 Å². The van der Waals surface area contributed by atoms with Crippen molar-refractivity contribution in [3.8, 4) is 0 Å². The van der Waals surface area contributed by atoms with Crippen molar-refractivity contribution in [2.45, 2.75) is 12.5 Å². The van der Waals surface area contributed by atoms with Gasteiger partial charge in [0.1, 0.15) is 0 Å². The highest BCUT2D eigenvalue weighted by Crippen LogP contribution is 1.79. The van der Waals surface area contributed by atoms with Crippen molar-refractivity contribution in [2.24, 2.45) is 5.73 Å². The van der Waals surface area contributed by atoms with Crippen molar-refractivity contribution in [3.05, 3.63) is 0 Å². The van der Waals surface area contributed by atoms with Gasteiger partial charge in [-0.3, -0.25) is 0 Å². The molecule has 0 radical (unpaired) electrons. The topological polar surface area (TPSA) is 46.2 Å². The first-order valence-corrected chi connectivity index (χ1v) is 1.77. The molecule has 0 rings (SSSR count). The van der Waals surface area contributed by atoms with Crippen LogP contribution in [0.5, 0.6) is 0 Å². The summed E-state index contributed by atoms with van der Waals surface area (Å²) in [6.45, 7) is 0. The van der Waals surface area contributed by atoms with Crippen LogP contribution in [-0.4, -0.2) is 18.9 Å². The van der Waals surface area contributed by atoms with E-state index >= 15 is 0 Å². The molecule has 36 valence electrons. The second-order valence-corrected chi connectivity index (χ2v) is 1.05. The molecule has 0 aromatic carbocycles. The van der Waals surface area contributed by atoms with E-state index in [1.807, 2.05) is 0 Å². The molecule has 4 heteroatoms. The van der Waals surface area contributed by atoms with Gasteiger partial charge >= 0.3 is 7.56 Å². The predicted octanol–water partition coefficient (Wildman–Crippen LogP) is -0.997. The molecule has 1 atom stereocenters. The lowest BCUT2D eigenvalue weighted by molar-refractivity contribution is 0.201. The summed E-state index contributed by atoms with van der Waals surface area (Å²) in [4.78, 5) is 0. The Labute approximate surface area is 36.4 Å². The molecular weight excluding hydrogens is 83.8 g/mol. The number of aliphatic hydroxyl groups excluding tert-OH is 1. The second kappa shape index (κ2) is 3.12. The van der Waals surface area contributed by atoms with E-state index in [0.29, 0.717) is 0 Å². The zero-order valence-corrected chi connectivity index (χ0v) is 3.39. The SMILES string of the molecule is NC(O)CBF. The number of halogens is 1. The van der Waals surface area contributed by atoms with E-state index in [1.165, 1.54) is 0 Å². The quantitative estimate of drug-likeness (QED) is 0.338. The average Bonchev–Trinajstić information content (AvgIpc) is 1.35. The third-order valence-electron chi connectivity index (χ3n) is 0.405. The van der Waals surface area contributed by atoms with E-state index in [1.54, 1.807) is 0 Å². The highest BCUT2D eigenvalue weighted by atomic mass is 19.1. The lowest BCUT2D eigenvalue weighted by Crippen LogP contribution is -2.18. The average molecular weight is 90.9 g/mol. The van der Waals surface area contributed by atoms with Gasteiger partial charge in [0.2, 0.25) is 0 Å². The van der Waals surface area contributed by atoms with Crippen molar-refractivity contribution >= 4 is 7.56 Å². The summed E-state index contributed by atoms with van der Waals surface area (Å²) in [5.41, 5.74) is 4.72. The lowest BCUT2D eigenvalue weighted by Gasteiger charge is -1.93. The Morgan fingerprint density at radius 2 is 2.50 bits per heavy atom. The summed E-state index contributed by atoms with van der Waals surface area (Å²) < 4.78 is 11.0. The summed E-state index contributed by atoms with van der Waals surface area (Å²) in [5.74, 6) is 0. The summed E-state index contributed by atoms with van der Waals surface area (Å²) in [6, 6.07) is 0. The zero-order chi connectivity index (χ0) is 4.99. The second-order valence-electron chi connectivity index (χ2n) is 1.05. The minimum atomic E-state index is -0.977. The van der Waals surface area contributed by atoms with E-state index in [0.717, 1.165) is 0 Å². The van der Waals surface area contributed by atoms with Gasteiger partial charge in [0.15, 0.2) is 0 Å². The summed E-state index contributed by atoms with van der Waals surface area (Å²) in [7, 11) is -0.544. The summed E-state index contributed by atoms with van der Waals surface area (Å²) >= 11 is 0. The number of rotatable bonds is 2. The molecule has 0 saturated heterocycles. The van der Waals surface area contributed by atoms with Crippen LogP contribution in [0.4, 0.5) is 4.32 Å². The molecule has 1 unspecified atom stereocenters. The van der Waals surface area contributed by atoms with Gasteiger partial charge in [-0.2, -0.15) is 0 Å². The molecule has 0 bridgehead atoms. The van der Waals surface area contributed by atoms with Gasteiger partial charge in [-0.1, -0.05) is 0 Å². The maximum atomic E-state index is 11.0. The van der Waals surface area contributed by atoms with Crippen molar-refractivity contribution in [1.29, 1.82) is 0 Å². The van der Waals surface area contributed by atoms with Crippen LogP contribution in [0.1, 0.15) is 0 Å². The Balaban J connectivity index is 2.63. The van der Waals surface area contributed by atoms with Crippen LogP contribution < -0.4 is 5.73 Å².